The third kappa shape index (κ3) is 8.85. The number of hydrogen-bond donors (Lipinski definition) is 0. The molecule has 0 fully saturated rings. The van der Waals surface area contributed by atoms with E-state index in [1.165, 1.54) is 0 Å². The number of rotatable bonds is 0. The van der Waals surface area contributed by atoms with Crippen molar-refractivity contribution in [2.45, 2.75) is 0 Å². The average molecular weight is 530 g/mol. The number of hydrogen-bond acceptors (Lipinski definition) is 0. The van der Waals surface area contributed by atoms with Crippen LogP contribution in [-0.4, -0.2) is 27.3 Å². The van der Waals surface area contributed by atoms with Crippen LogP contribution in [0.4, 0.5) is 0 Å². The Hall–Kier alpha value is 2.87. The van der Waals surface area contributed by atoms with Gasteiger partial charge in [0.15, 0.2) is 0 Å². The zero-order chi connectivity index (χ0) is 0. The molecule has 0 saturated heterocycles. The van der Waals surface area contributed by atoms with Gasteiger partial charge in [0.25, 0.3) is 0 Å². The SMILES string of the molecule is [Cu].[Hg].[Ni].[Pb]. The van der Waals surface area contributed by atoms with E-state index < -0.39 is 0 Å². The Morgan fingerprint density at radius 3 is 1.00 bits per heavy atom. The fourth-order valence-electron chi connectivity index (χ4n) is 0. The Kier molecular flexibility index (Phi) is 121. The van der Waals surface area contributed by atoms with E-state index in [9.17, 15) is 0 Å². The molecule has 0 heterocycles. The summed E-state index contributed by atoms with van der Waals surface area (Å²) in [5, 5.41) is 0. The van der Waals surface area contributed by atoms with Crippen molar-refractivity contribution in [3.8, 4) is 0 Å². The topological polar surface area (TPSA) is 0 Å². The molecule has 4 heavy (non-hydrogen) atoms. The second-order valence-corrected chi connectivity index (χ2v) is 0. The van der Waals surface area contributed by atoms with Crippen LogP contribution in [0.25, 0.3) is 0 Å². The smallest absolute Gasteiger partial charge is 0 e. The first kappa shape index (κ1) is 28.7. The van der Waals surface area contributed by atoms with Gasteiger partial charge < -0.3 is 0 Å². The van der Waals surface area contributed by atoms with Crippen molar-refractivity contribution in [1.82, 2.24) is 0 Å². The first-order valence-corrected chi connectivity index (χ1v) is 0. The maximum absolute atomic E-state index is 0. The molecule has 0 bridgehead atoms. The monoisotopic (exact) mass is 531 g/mol. The van der Waals surface area contributed by atoms with Gasteiger partial charge in [-0.1, -0.05) is 0 Å². The summed E-state index contributed by atoms with van der Waals surface area (Å²) >= 11 is 0. The molecule has 5 radical (unpaired) electrons. The van der Waals surface area contributed by atoms with Gasteiger partial charge in [0.1, 0.15) is 0 Å². The molecule has 4 heteroatoms. The van der Waals surface area contributed by atoms with E-state index in [-0.39, 0.29) is 88.5 Å². The fraction of sp³-hybridized carbons (Fsp3) is 0. The summed E-state index contributed by atoms with van der Waals surface area (Å²) in [6.07, 6.45) is 0. The van der Waals surface area contributed by atoms with Gasteiger partial charge in [-0.25, -0.2) is 0 Å². The fourth-order valence-corrected chi connectivity index (χ4v) is 0. The maximum atomic E-state index is 0. The normalized spacial score (nSPS) is 0. The van der Waals surface area contributed by atoms with Crippen molar-refractivity contribution >= 4 is 27.3 Å². The molecule has 0 nitrogen and oxygen atoms in total. The summed E-state index contributed by atoms with van der Waals surface area (Å²) in [4.78, 5) is 0. The first-order chi connectivity index (χ1) is 0. The van der Waals surface area contributed by atoms with Crippen LogP contribution in [0.3, 0.4) is 0 Å². The Bertz CT molecular complexity index is 8.00. The third-order valence-corrected chi connectivity index (χ3v) is 0. The molecule has 0 aromatic carbocycles. The summed E-state index contributed by atoms with van der Waals surface area (Å²) in [7, 11) is 0. The minimum absolute atomic E-state index is 0. The zero-order valence-electron chi connectivity index (χ0n) is 1.82. The maximum Gasteiger partial charge on any atom is 0 e. The molecule has 0 amide bonds. The Balaban J connectivity index is 0. The van der Waals surface area contributed by atoms with E-state index in [2.05, 4.69) is 0 Å². The molecule has 0 unspecified atom stereocenters. The van der Waals surface area contributed by atoms with Crippen LogP contribution in [0.1, 0.15) is 0 Å². The van der Waals surface area contributed by atoms with Gasteiger partial charge in [-0.3, -0.25) is 0 Å². The van der Waals surface area contributed by atoms with Crippen LogP contribution in [0.2, 0.25) is 0 Å². The van der Waals surface area contributed by atoms with Crippen molar-refractivity contribution in [1.29, 1.82) is 0 Å². The van der Waals surface area contributed by atoms with Crippen molar-refractivity contribution in [2.75, 3.05) is 0 Å². The van der Waals surface area contributed by atoms with Gasteiger partial charge in [0, 0.05) is 88.5 Å². The van der Waals surface area contributed by atoms with Crippen LogP contribution < -0.4 is 0 Å². The Morgan fingerprint density at radius 2 is 1.00 bits per heavy atom. The van der Waals surface area contributed by atoms with Gasteiger partial charge in [-0.05, 0) is 0 Å². The van der Waals surface area contributed by atoms with Gasteiger partial charge >= 0.3 is 0 Å². The molecule has 0 aliphatic carbocycles. The summed E-state index contributed by atoms with van der Waals surface area (Å²) < 4.78 is 0. The van der Waals surface area contributed by atoms with E-state index in [0.717, 1.165) is 0 Å². The molecule has 0 spiro atoms. The molecule has 0 aromatic heterocycles. The third-order valence-electron chi connectivity index (χ3n) is 0. The van der Waals surface area contributed by atoms with Crippen LogP contribution in [0.5, 0.6) is 0 Å². The molecule has 0 rings (SSSR count). The minimum Gasteiger partial charge on any atom is 0 e. The van der Waals surface area contributed by atoms with Crippen LogP contribution in [0.15, 0.2) is 0 Å². The quantitative estimate of drug-likeness (QED) is 0.375. The van der Waals surface area contributed by atoms with E-state index in [1.54, 1.807) is 0 Å². The molecule has 27 valence electrons. The molecule has 0 atom stereocenters. The summed E-state index contributed by atoms with van der Waals surface area (Å²) in [6, 6.07) is 0. The summed E-state index contributed by atoms with van der Waals surface area (Å²) in [5.41, 5.74) is 0. The van der Waals surface area contributed by atoms with E-state index >= 15 is 0 Å². The standard InChI is InChI=1S/Cu.Hg.Ni.Pb. The average Bonchev–Trinajstić information content (AvgIpc) is 0. The van der Waals surface area contributed by atoms with E-state index in [4.69, 9.17) is 0 Å². The van der Waals surface area contributed by atoms with E-state index in [1.807, 2.05) is 0 Å². The molecule has 0 aromatic rings. The summed E-state index contributed by atoms with van der Waals surface area (Å²) in [5.74, 6) is 0. The molecule has 0 aliphatic rings. The van der Waals surface area contributed by atoms with Crippen molar-refractivity contribution < 1.29 is 61.2 Å². The summed E-state index contributed by atoms with van der Waals surface area (Å²) in [6.45, 7) is 0. The molecule has 0 saturated carbocycles. The predicted molar refractivity (Wildman–Crippen MR) is 5.75 cm³/mol. The van der Waals surface area contributed by atoms with Crippen molar-refractivity contribution in [3.63, 3.8) is 0 Å². The van der Waals surface area contributed by atoms with E-state index in [0.29, 0.717) is 0 Å². The van der Waals surface area contributed by atoms with Crippen molar-refractivity contribution in [2.24, 2.45) is 0 Å². The van der Waals surface area contributed by atoms with Gasteiger partial charge in [-0.2, -0.15) is 0 Å². The predicted octanol–water partition coefficient (Wildman–Crippen LogP) is -0.388. The largest absolute Gasteiger partial charge is 0 e. The van der Waals surface area contributed by atoms with Crippen LogP contribution >= 0.6 is 0 Å². The van der Waals surface area contributed by atoms with Gasteiger partial charge in [-0.15, -0.1) is 0 Å². The molecule has 0 aliphatic heterocycles. The molecular weight excluding hydrogens is 530 g/mol. The minimum atomic E-state index is 0. The van der Waals surface area contributed by atoms with Crippen molar-refractivity contribution in [3.05, 3.63) is 0 Å². The van der Waals surface area contributed by atoms with Crippen LogP contribution in [0, 0.1) is 0 Å². The van der Waals surface area contributed by atoms with Gasteiger partial charge in [0.2, 0.25) is 0 Å². The second-order valence-electron chi connectivity index (χ2n) is 0. The zero-order valence-corrected chi connectivity index (χ0v) is 13.1. The molecular formula is CuHgNiPb. The van der Waals surface area contributed by atoms with Crippen LogP contribution in [-0.2, 0) is 61.2 Å². The Labute approximate surface area is 86.9 Å². The first-order valence-electron chi connectivity index (χ1n) is 0. The Morgan fingerprint density at radius 1 is 1.00 bits per heavy atom. The second kappa shape index (κ2) is 16.9. The molecule has 0 N–H and O–H groups in total. The van der Waals surface area contributed by atoms with Gasteiger partial charge in [0.05, 0.1) is 0 Å².